The molecule has 156 valence electrons. The molecule has 0 aliphatic heterocycles. The van der Waals surface area contributed by atoms with Crippen LogP contribution in [0.5, 0.6) is 5.75 Å². The number of imidazole rings is 1. The lowest BCUT2D eigenvalue weighted by atomic mass is 10.1. The van der Waals surface area contributed by atoms with Crippen LogP contribution in [0, 0.1) is 17.0 Å². The molecule has 8 nitrogen and oxygen atoms in total. The van der Waals surface area contributed by atoms with Gasteiger partial charge in [-0.2, -0.15) is 0 Å². The molecule has 0 saturated carbocycles. The number of carbonyl (C=O) groups is 1. The second-order valence-electron chi connectivity index (χ2n) is 7.10. The Morgan fingerprint density at radius 1 is 1.16 bits per heavy atom. The fraction of sp³-hybridized carbons (Fsp3) is 0.130. The van der Waals surface area contributed by atoms with Gasteiger partial charge in [-0.05, 0) is 42.3 Å². The van der Waals surface area contributed by atoms with Crippen LogP contribution in [0.4, 0.5) is 5.69 Å². The summed E-state index contributed by atoms with van der Waals surface area (Å²) in [6.45, 7) is 2.39. The molecule has 0 aliphatic carbocycles. The summed E-state index contributed by atoms with van der Waals surface area (Å²) in [6, 6.07) is 17.5. The van der Waals surface area contributed by atoms with Gasteiger partial charge in [0.15, 0.2) is 5.75 Å². The maximum absolute atomic E-state index is 12.5. The molecule has 8 heteroatoms. The largest absolute Gasteiger partial charge is 0.482 e. The van der Waals surface area contributed by atoms with Crippen LogP contribution in [-0.4, -0.2) is 20.2 Å². The van der Waals surface area contributed by atoms with E-state index in [0.29, 0.717) is 5.69 Å². The van der Waals surface area contributed by atoms with Crippen molar-refractivity contribution in [3.8, 4) is 5.75 Å². The van der Waals surface area contributed by atoms with Crippen LogP contribution in [0.3, 0.4) is 0 Å². The number of nitrogens with zero attached hydrogens (tertiary/aromatic N) is 3. The summed E-state index contributed by atoms with van der Waals surface area (Å²) in [5, 5.41) is 14.3. The summed E-state index contributed by atoms with van der Waals surface area (Å²) in [7, 11) is 0. The molecule has 0 atom stereocenters. The van der Waals surface area contributed by atoms with Gasteiger partial charge in [-0.15, -0.1) is 0 Å². The van der Waals surface area contributed by atoms with Gasteiger partial charge in [-0.3, -0.25) is 14.9 Å². The van der Waals surface area contributed by atoms with Gasteiger partial charge >= 0.3 is 5.69 Å². The zero-order valence-electron chi connectivity index (χ0n) is 16.8. The van der Waals surface area contributed by atoms with Crippen molar-refractivity contribution in [2.75, 3.05) is 0 Å². The number of nitro benzene ring substituents is 1. The van der Waals surface area contributed by atoms with Gasteiger partial charge < -0.3 is 14.5 Å². The first-order valence-electron chi connectivity index (χ1n) is 9.67. The van der Waals surface area contributed by atoms with E-state index < -0.39 is 10.8 Å². The average molecular weight is 416 g/mol. The lowest BCUT2D eigenvalue weighted by molar-refractivity contribution is -0.386. The standard InChI is InChI=1S/C23H20N4O4/c1-16-9-10-26-14-19(25-22(26)11-16)13-24-23(28)18-7-8-21(20(12-18)27(29)30)31-15-17-5-3-2-4-6-17/h2-12,14H,13,15H2,1H3,(H,24,28). The van der Waals surface area contributed by atoms with Crippen LogP contribution in [0.15, 0.2) is 73.1 Å². The molecule has 0 spiro atoms. The zero-order chi connectivity index (χ0) is 21.8. The van der Waals surface area contributed by atoms with Crippen molar-refractivity contribution < 1.29 is 14.5 Å². The number of benzene rings is 2. The quantitative estimate of drug-likeness (QED) is 0.362. The van der Waals surface area contributed by atoms with Crippen molar-refractivity contribution in [3.63, 3.8) is 0 Å². The number of hydrogen-bond acceptors (Lipinski definition) is 5. The summed E-state index contributed by atoms with van der Waals surface area (Å²) in [5.74, 6) is -0.313. The highest BCUT2D eigenvalue weighted by molar-refractivity contribution is 5.95. The van der Waals surface area contributed by atoms with Crippen molar-refractivity contribution in [1.82, 2.24) is 14.7 Å². The fourth-order valence-corrected chi connectivity index (χ4v) is 3.15. The molecule has 4 aromatic rings. The van der Waals surface area contributed by atoms with Crippen molar-refractivity contribution in [2.45, 2.75) is 20.1 Å². The second kappa shape index (κ2) is 8.66. The minimum Gasteiger partial charge on any atom is -0.482 e. The number of rotatable bonds is 7. The van der Waals surface area contributed by atoms with Crippen LogP contribution in [0.25, 0.3) is 5.65 Å². The van der Waals surface area contributed by atoms with E-state index >= 15 is 0 Å². The molecule has 1 N–H and O–H groups in total. The Hall–Kier alpha value is -4.20. The van der Waals surface area contributed by atoms with Gasteiger partial charge in [0.25, 0.3) is 5.91 Å². The van der Waals surface area contributed by atoms with Crippen LogP contribution in [-0.2, 0) is 13.2 Å². The third kappa shape index (κ3) is 4.69. The summed E-state index contributed by atoms with van der Waals surface area (Å²) in [5.41, 5.74) is 3.39. The number of ether oxygens (including phenoxy) is 1. The molecule has 1 amide bonds. The molecule has 2 aromatic carbocycles. The number of hydrogen-bond donors (Lipinski definition) is 1. The highest BCUT2D eigenvalue weighted by atomic mass is 16.6. The number of carbonyl (C=O) groups excluding carboxylic acids is 1. The van der Waals surface area contributed by atoms with E-state index in [4.69, 9.17) is 4.74 Å². The van der Waals surface area contributed by atoms with E-state index in [1.807, 2.05) is 66.2 Å². The Balaban J connectivity index is 1.45. The molecule has 31 heavy (non-hydrogen) atoms. The topological polar surface area (TPSA) is 98.8 Å². The van der Waals surface area contributed by atoms with Crippen LogP contribution in [0.2, 0.25) is 0 Å². The molecular formula is C23H20N4O4. The summed E-state index contributed by atoms with van der Waals surface area (Å²) in [4.78, 5) is 28.0. The molecule has 2 aromatic heterocycles. The molecule has 0 unspecified atom stereocenters. The minimum atomic E-state index is -0.554. The number of fused-ring (bicyclic) bond motifs is 1. The van der Waals surface area contributed by atoms with Gasteiger partial charge in [-0.1, -0.05) is 30.3 Å². The molecule has 4 rings (SSSR count). The summed E-state index contributed by atoms with van der Waals surface area (Å²) < 4.78 is 7.48. The molecule has 0 aliphatic rings. The predicted molar refractivity (Wildman–Crippen MR) is 115 cm³/mol. The van der Waals surface area contributed by atoms with E-state index in [1.165, 1.54) is 18.2 Å². The van der Waals surface area contributed by atoms with E-state index in [0.717, 1.165) is 16.8 Å². The van der Waals surface area contributed by atoms with Crippen LogP contribution >= 0.6 is 0 Å². The third-order valence-corrected chi connectivity index (χ3v) is 4.75. The summed E-state index contributed by atoms with van der Waals surface area (Å²) in [6.07, 6.45) is 3.73. The van der Waals surface area contributed by atoms with Crippen molar-refractivity contribution in [2.24, 2.45) is 0 Å². The van der Waals surface area contributed by atoms with Crippen molar-refractivity contribution in [1.29, 1.82) is 0 Å². The Bertz CT molecular complexity index is 1250. The van der Waals surface area contributed by atoms with E-state index in [2.05, 4.69) is 10.3 Å². The molecule has 0 fully saturated rings. The minimum absolute atomic E-state index is 0.112. The Labute approximate surface area is 178 Å². The number of nitrogens with one attached hydrogen (secondary N) is 1. The van der Waals surface area contributed by atoms with E-state index in [-0.39, 0.29) is 30.2 Å². The Morgan fingerprint density at radius 3 is 2.74 bits per heavy atom. The number of amides is 1. The first-order chi connectivity index (χ1) is 15.0. The molecule has 0 radical (unpaired) electrons. The molecule has 0 bridgehead atoms. The SMILES string of the molecule is Cc1ccn2cc(CNC(=O)c3ccc(OCc4ccccc4)c([N+](=O)[O-])c3)nc2c1. The number of pyridine rings is 1. The van der Waals surface area contributed by atoms with Crippen molar-refractivity contribution >= 4 is 17.2 Å². The first-order valence-corrected chi connectivity index (χ1v) is 9.67. The number of aromatic nitrogens is 2. The van der Waals surface area contributed by atoms with Gasteiger partial charge in [0.1, 0.15) is 12.3 Å². The molecule has 0 saturated heterocycles. The zero-order valence-corrected chi connectivity index (χ0v) is 16.8. The lowest BCUT2D eigenvalue weighted by Gasteiger charge is -2.09. The number of aryl methyl sites for hydroxylation is 1. The fourth-order valence-electron chi connectivity index (χ4n) is 3.15. The first kappa shape index (κ1) is 20.1. The average Bonchev–Trinajstić information content (AvgIpc) is 3.18. The van der Waals surface area contributed by atoms with E-state index in [9.17, 15) is 14.9 Å². The normalized spacial score (nSPS) is 10.7. The second-order valence-corrected chi connectivity index (χ2v) is 7.10. The highest BCUT2D eigenvalue weighted by Gasteiger charge is 2.19. The monoisotopic (exact) mass is 416 g/mol. The van der Waals surface area contributed by atoms with Crippen LogP contribution < -0.4 is 10.1 Å². The summed E-state index contributed by atoms with van der Waals surface area (Å²) >= 11 is 0. The maximum atomic E-state index is 12.5. The van der Waals surface area contributed by atoms with Gasteiger partial charge in [0, 0.05) is 24.0 Å². The predicted octanol–water partition coefficient (Wildman–Crippen LogP) is 4.06. The smallest absolute Gasteiger partial charge is 0.311 e. The van der Waals surface area contributed by atoms with Gasteiger partial charge in [0.2, 0.25) is 0 Å². The Morgan fingerprint density at radius 2 is 1.97 bits per heavy atom. The van der Waals surface area contributed by atoms with Crippen molar-refractivity contribution in [3.05, 3.63) is 106 Å². The van der Waals surface area contributed by atoms with Crippen LogP contribution in [0.1, 0.15) is 27.2 Å². The maximum Gasteiger partial charge on any atom is 0.311 e. The van der Waals surface area contributed by atoms with Gasteiger partial charge in [0.05, 0.1) is 17.2 Å². The van der Waals surface area contributed by atoms with E-state index in [1.54, 1.807) is 0 Å². The Kier molecular flexibility index (Phi) is 5.61. The van der Waals surface area contributed by atoms with Gasteiger partial charge in [-0.25, -0.2) is 4.98 Å². The third-order valence-electron chi connectivity index (χ3n) is 4.75. The number of nitro groups is 1. The molecular weight excluding hydrogens is 396 g/mol. The lowest BCUT2D eigenvalue weighted by Crippen LogP contribution is -2.23. The highest BCUT2D eigenvalue weighted by Crippen LogP contribution is 2.28. The molecule has 2 heterocycles.